The zero-order valence-electron chi connectivity index (χ0n) is 17.3. The molecule has 1 aromatic carbocycles. The Morgan fingerprint density at radius 3 is 2.48 bits per heavy atom. The lowest BCUT2D eigenvalue weighted by Crippen LogP contribution is -2.49. The molecule has 1 heterocycles. The number of aliphatic imine (C=N–C) groups is 1. The highest BCUT2D eigenvalue weighted by molar-refractivity contribution is 14.0. The summed E-state index contributed by atoms with van der Waals surface area (Å²) in [5.74, 6) is 2.35. The molecular weight excluding hydrogens is 451 g/mol. The Hall–Kier alpha value is -1.02. The third-order valence-corrected chi connectivity index (χ3v) is 5.25. The number of hydrogen-bond donors (Lipinski definition) is 2. The van der Waals surface area contributed by atoms with Crippen LogP contribution in [0.2, 0.25) is 0 Å². The molecule has 1 aliphatic rings. The Morgan fingerprint density at radius 1 is 1.26 bits per heavy atom. The van der Waals surface area contributed by atoms with Gasteiger partial charge in [0.1, 0.15) is 5.75 Å². The highest BCUT2D eigenvalue weighted by atomic mass is 127. The number of likely N-dealkylation sites (tertiary alicyclic amines) is 1. The fourth-order valence-corrected chi connectivity index (χ4v) is 3.51. The Labute approximate surface area is 182 Å². The van der Waals surface area contributed by atoms with Gasteiger partial charge in [0.05, 0.1) is 7.11 Å². The summed E-state index contributed by atoms with van der Waals surface area (Å²) in [6.07, 6.45) is 4.71. The topological polar surface area (TPSA) is 48.9 Å². The molecule has 5 nitrogen and oxygen atoms in total. The highest BCUT2D eigenvalue weighted by Crippen LogP contribution is 2.21. The van der Waals surface area contributed by atoms with Crippen LogP contribution in [0.15, 0.2) is 29.3 Å². The molecule has 0 saturated carbocycles. The van der Waals surface area contributed by atoms with Crippen LogP contribution in [0.1, 0.15) is 51.0 Å². The zero-order chi connectivity index (χ0) is 18.8. The minimum atomic E-state index is 0. The maximum Gasteiger partial charge on any atom is 0.191 e. The number of benzene rings is 1. The quantitative estimate of drug-likeness (QED) is 0.332. The van der Waals surface area contributed by atoms with Crippen molar-refractivity contribution in [2.75, 3.05) is 40.3 Å². The van der Waals surface area contributed by atoms with E-state index in [2.05, 4.69) is 46.5 Å². The molecule has 0 amide bonds. The molecule has 6 heteroatoms. The van der Waals surface area contributed by atoms with E-state index in [0.29, 0.717) is 12.0 Å². The average Bonchev–Trinajstić information content (AvgIpc) is 2.68. The molecule has 1 aromatic rings. The molecule has 154 valence electrons. The van der Waals surface area contributed by atoms with Gasteiger partial charge in [-0.1, -0.05) is 26.0 Å². The predicted octanol–water partition coefficient (Wildman–Crippen LogP) is 3.85. The van der Waals surface area contributed by atoms with E-state index in [9.17, 15) is 0 Å². The SMILES string of the molecule is CCCN1CCC(NC(=NC)NCCC(C)c2ccc(OC)cc2)CC1.I. The van der Waals surface area contributed by atoms with Crippen LogP contribution in [-0.2, 0) is 0 Å². The second kappa shape index (κ2) is 13.2. The molecule has 1 atom stereocenters. The van der Waals surface area contributed by atoms with Gasteiger partial charge in [0, 0.05) is 32.7 Å². The van der Waals surface area contributed by atoms with Crippen molar-refractivity contribution in [3.05, 3.63) is 29.8 Å². The second-order valence-corrected chi connectivity index (χ2v) is 7.22. The van der Waals surface area contributed by atoms with Crippen molar-refractivity contribution in [3.8, 4) is 5.75 Å². The molecule has 0 aromatic heterocycles. The zero-order valence-corrected chi connectivity index (χ0v) is 19.7. The smallest absolute Gasteiger partial charge is 0.191 e. The summed E-state index contributed by atoms with van der Waals surface area (Å²) < 4.78 is 5.23. The lowest BCUT2D eigenvalue weighted by molar-refractivity contribution is 0.206. The average molecular weight is 488 g/mol. The van der Waals surface area contributed by atoms with Crippen molar-refractivity contribution in [2.45, 2.75) is 51.5 Å². The van der Waals surface area contributed by atoms with Crippen molar-refractivity contribution < 1.29 is 4.74 Å². The van der Waals surface area contributed by atoms with Crippen molar-refractivity contribution in [2.24, 2.45) is 4.99 Å². The van der Waals surface area contributed by atoms with Crippen LogP contribution in [0.5, 0.6) is 5.75 Å². The molecule has 1 fully saturated rings. The Bertz CT molecular complexity index is 542. The summed E-state index contributed by atoms with van der Waals surface area (Å²) in [7, 11) is 3.56. The number of guanidine groups is 1. The van der Waals surface area contributed by atoms with Crippen LogP contribution in [-0.4, -0.2) is 57.2 Å². The maximum atomic E-state index is 5.23. The number of halogens is 1. The van der Waals surface area contributed by atoms with Gasteiger partial charge in [0.25, 0.3) is 0 Å². The third kappa shape index (κ3) is 8.25. The Kier molecular flexibility index (Phi) is 11.7. The summed E-state index contributed by atoms with van der Waals surface area (Å²) >= 11 is 0. The van der Waals surface area contributed by atoms with Gasteiger partial charge in [0.2, 0.25) is 0 Å². The third-order valence-electron chi connectivity index (χ3n) is 5.25. The lowest BCUT2D eigenvalue weighted by atomic mass is 9.98. The van der Waals surface area contributed by atoms with Gasteiger partial charge < -0.3 is 20.3 Å². The van der Waals surface area contributed by atoms with Gasteiger partial charge in [-0.15, -0.1) is 24.0 Å². The molecule has 1 aliphatic heterocycles. The van der Waals surface area contributed by atoms with Gasteiger partial charge in [0.15, 0.2) is 5.96 Å². The van der Waals surface area contributed by atoms with Gasteiger partial charge >= 0.3 is 0 Å². The predicted molar refractivity (Wildman–Crippen MR) is 126 cm³/mol. The second-order valence-electron chi connectivity index (χ2n) is 7.22. The summed E-state index contributed by atoms with van der Waals surface area (Å²) in [6, 6.07) is 8.91. The van der Waals surface area contributed by atoms with Crippen molar-refractivity contribution in [3.63, 3.8) is 0 Å². The van der Waals surface area contributed by atoms with Crippen molar-refractivity contribution in [1.29, 1.82) is 0 Å². The fourth-order valence-electron chi connectivity index (χ4n) is 3.51. The van der Waals surface area contributed by atoms with Crippen molar-refractivity contribution in [1.82, 2.24) is 15.5 Å². The summed E-state index contributed by atoms with van der Waals surface area (Å²) in [5, 5.41) is 7.07. The number of ether oxygens (including phenoxy) is 1. The molecular formula is C21H37IN4O. The van der Waals surface area contributed by atoms with Gasteiger partial charge in [-0.25, -0.2) is 0 Å². The highest BCUT2D eigenvalue weighted by Gasteiger charge is 2.19. The summed E-state index contributed by atoms with van der Waals surface area (Å²) in [6.45, 7) is 9.05. The fraction of sp³-hybridized carbons (Fsp3) is 0.667. The van der Waals surface area contributed by atoms with Crippen LogP contribution in [0.3, 0.4) is 0 Å². The van der Waals surface area contributed by atoms with E-state index < -0.39 is 0 Å². The van der Waals surface area contributed by atoms with E-state index in [4.69, 9.17) is 4.74 Å². The number of rotatable bonds is 8. The standard InChI is InChI=1S/C21H36N4O.HI/c1-5-14-25-15-11-19(12-16-25)24-21(22-3)23-13-10-17(2)18-6-8-20(26-4)9-7-18;/h6-9,17,19H,5,10-16H2,1-4H3,(H2,22,23,24);1H. The first-order valence-corrected chi connectivity index (χ1v) is 9.99. The van der Waals surface area contributed by atoms with E-state index in [-0.39, 0.29) is 24.0 Å². The molecule has 0 aliphatic carbocycles. The van der Waals surface area contributed by atoms with Crippen LogP contribution in [0.4, 0.5) is 0 Å². The number of nitrogens with one attached hydrogen (secondary N) is 2. The van der Waals surface area contributed by atoms with Gasteiger partial charge in [-0.3, -0.25) is 4.99 Å². The lowest BCUT2D eigenvalue weighted by Gasteiger charge is -2.32. The number of methoxy groups -OCH3 is 1. The first-order chi connectivity index (χ1) is 12.7. The van der Waals surface area contributed by atoms with E-state index in [0.717, 1.165) is 24.7 Å². The van der Waals surface area contributed by atoms with E-state index in [1.54, 1.807) is 7.11 Å². The van der Waals surface area contributed by atoms with E-state index >= 15 is 0 Å². The van der Waals surface area contributed by atoms with Crippen LogP contribution >= 0.6 is 24.0 Å². The monoisotopic (exact) mass is 488 g/mol. The first kappa shape index (κ1) is 24.0. The molecule has 0 spiro atoms. The number of piperidine rings is 1. The molecule has 0 radical (unpaired) electrons. The molecule has 0 bridgehead atoms. The molecule has 27 heavy (non-hydrogen) atoms. The van der Waals surface area contributed by atoms with E-state index in [1.807, 2.05) is 19.2 Å². The van der Waals surface area contributed by atoms with Crippen LogP contribution in [0, 0.1) is 0 Å². The van der Waals surface area contributed by atoms with Crippen molar-refractivity contribution >= 4 is 29.9 Å². The Balaban J connectivity index is 0.00000364. The molecule has 1 saturated heterocycles. The number of nitrogens with zero attached hydrogens (tertiary/aromatic N) is 2. The summed E-state index contributed by atoms with van der Waals surface area (Å²) in [4.78, 5) is 6.95. The first-order valence-electron chi connectivity index (χ1n) is 9.99. The largest absolute Gasteiger partial charge is 0.497 e. The minimum Gasteiger partial charge on any atom is -0.497 e. The number of hydrogen-bond acceptors (Lipinski definition) is 3. The maximum absolute atomic E-state index is 5.23. The summed E-state index contributed by atoms with van der Waals surface area (Å²) in [5.41, 5.74) is 1.35. The molecule has 2 rings (SSSR count). The normalized spacial score (nSPS) is 17.1. The molecule has 2 N–H and O–H groups in total. The molecule has 1 unspecified atom stereocenters. The Morgan fingerprint density at radius 2 is 1.93 bits per heavy atom. The van der Waals surface area contributed by atoms with Gasteiger partial charge in [-0.2, -0.15) is 0 Å². The van der Waals surface area contributed by atoms with Crippen LogP contribution < -0.4 is 15.4 Å². The minimum absolute atomic E-state index is 0. The van der Waals surface area contributed by atoms with Gasteiger partial charge in [-0.05, 0) is 55.8 Å². The van der Waals surface area contributed by atoms with Crippen LogP contribution in [0.25, 0.3) is 0 Å². The van der Waals surface area contributed by atoms with E-state index in [1.165, 1.54) is 44.5 Å².